The summed E-state index contributed by atoms with van der Waals surface area (Å²) in [5.41, 5.74) is 1.34. The molecule has 0 radical (unpaired) electrons. The Balaban J connectivity index is 1.53. The van der Waals surface area contributed by atoms with Gasteiger partial charge in [-0.15, -0.1) is 0 Å². The van der Waals surface area contributed by atoms with Crippen LogP contribution >= 0.6 is 0 Å². The summed E-state index contributed by atoms with van der Waals surface area (Å²) in [7, 11) is 0. The zero-order valence-electron chi connectivity index (χ0n) is 12.6. The molecule has 3 rings (SSSR count). The van der Waals surface area contributed by atoms with Crippen LogP contribution in [0.25, 0.3) is 0 Å². The molecule has 2 aliphatic rings. The second-order valence-corrected chi connectivity index (χ2v) is 6.82. The van der Waals surface area contributed by atoms with E-state index in [4.69, 9.17) is 0 Å². The molecule has 20 heavy (non-hydrogen) atoms. The van der Waals surface area contributed by atoms with Gasteiger partial charge in [-0.3, -0.25) is 9.89 Å². The second-order valence-electron chi connectivity index (χ2n) is 6.82. The smallest absolute Gasteiger partial charge is 0.266 e. The third kappa shape index (κ3) is 3.36. The fourth-order valence-corrected chi connectivity index (χ4v) is 4.08. The lowest BCUT2D eigenvalue weighted by atomic mass is 9.96. The van der Waals surface area contributed by atoms with Crippen molar-refractivity contribution in [3.8, 4) is 0 Å². The van der Waals surface area contributed by atoms with E-state index in [1.165, 1.54) is 70.6 Å². The second kappa shape index (κ2) is 6.64. The summed E-state index contributed by atoms with van der Waals surface area (Å²) in [6.07, 6.45) is 15.6. The number of nitrogens with zero attached hydrogens (tertiary/aromatic N) is 1. The van der Waals surface area contributed by atoms with Crippen molar-refractivity contribution in [1.82, 2.24) is 9.78 Å². The quantitative estimate of drug-likeness (QED) is 0.860. The van der Waals surface area contributed by atoms with Crippen molar-refractivity contribution < 1.29 is 0 Å². The van der Waals surface area contributed by atoms with Crippen LogP contribution in [0.2, 0.25) is 0 Å². The molecule has 0 amide bonds. The van der Waals surface area contributed by atoms with Crippen LogP contribution < -0.4 is 5.56 Å². The Morgan fingerprint density at radius 3 is 2.50 bits per heavy atom. The maximum Gasteiger partial charge on any atom is 0.266 e. The number of H-pyrrole nitrogens is 1. The lowest BCUT2D eigenvalue weighted by Gasteiger charge is -2.22. The van der Waals surface area contributed by atoms with Crippen LogP contribution in [-0.4, -0.2) is 9.78 Å². The van der Waals surface area contributed by atoms with E-state index in [2.05, 4.69) is 5.10 Å². The number of aryl methyl sites for hydroxylation is 1. The summed E-state index contributed by atoms with van der Waals surface area (Å²) >= 11 is 0. The van der Waals surface area contributed by atoms with Crippen LogP contribution in [-0.2, 0) is 6.42 Å². The normalized spacial score (nSPS) is 21.6. The average molecular weight is 276 g/mol. The zero-order valence-corrected chi connectivity index (χ0v) is 12.6. The molecule has 3 nitrogen and oxygen atoms in total. The van der Waals surface area contributed by atoms with E-state index in [0.717, 1.165) is 18.0 Å². The maximum absolute atomic E-state index is 12.1. The Morgan fingerprint density at radius 2 is 1.75 bits per heavy atom. The lowest BCUT2D eigenvalue weighted by molar-refractivity contribution is 0.321. The minimum Gasteiger partial charge on any atom is -0.299 e. The molecule has 0 spiro atoms. The molecule has 0 unspecified atom stereocenters. The Kier molecular flexibility index (Phi) is 4.64. The zero-order chi connectivity index (χ0) is 13.8. The third-order valence-corrected chi connectivity index (χ3v) is 5.27. The molecule has 1 heterocycles. The minimum atomic E-state index is 0.188. The first-order chi connectivity index (χ1) is 9.83. The fourth-order valence-electron chi connectivity index (χ4n) is 4.08. The summed E-state index contributed by atoms with van der Waals surface area (Å²) in [6, 6.07) is 2.27. The molecule has 112 valence electrons. The first-order valence-corrected chi connectivity index (χ1v) is 8.63. The van der Waals surface area contributed by atoms with Crippen LogP contribution in [0.1, 0.15) is 82.4 Å². The Labute approximate surface area is 121 Å². The van der Waals surface area contributed by atoms with Crippen molar-refractivity contribution >= 4 is 0 Å². The molecule has 1 aromatic rings. The first-order valence-electron chi connectivity index (χ1n) is 8.63. The van der Waals surface area contributed by atoms with E-state index in [-0.39, 0.29) is 5.56 Å². The van der Waals surface area contributed by atoms with Gasteiger partial charge in [0.15, 0.2) is 0 Å². The molecule has 0 aromatic carbocycles. The standard InChI is InChI=1S/C17H28N2O/c20-17-13-15(10-6-9-14-7-4-5-8-14)18-19(17)16-11-2-1-3-12-16/h13-14,16,18H,1-12H2. The predicted octanol–water partition coefficient (Wildman–Crippen LogP) is 4.19. The summed E-state index contributed by atoms with van der Waals surface area (Å²) in [4.78, 5) is 12.1. The molecular weight excluding hydrogens is 248 g/mol. The predicted molar refractivity (Wildman–Crippen MR) is 82.1 cm³/mol. The van der Waals surface area contributed by atoms with Gasteiger partial charge in [0.05, 0.1) is 6.04 Å². The van der Waals surface area contributed by atoms with Gasteiger partial charge in [0, 0.05) is 11.8 Å². The fraction of sp³-hybridized carbons (Fsp3) is 0.824. The monoisotopic (exact) mass is 276 g/mol. The highest BCUT2D eigenvalue weighted by Gasteiger charge is 2.18. The maximum atomic E-state index is 12.1. The Hall–Kier alpha value is -0.990. The molecule has 1 aromatic heterocycles. The van der Waals surface area contributed by atoms with Crippen LogP contribution in [0.3, 0.4) is 0 Å². The van der Waals surface area contributed by atoms with E-state index in [0.29, 0.717) is 6.04 Å². The van der Waals surface area contributed by atoms with Gasteiger partial charge in [-0.1, -0.05) is 51.4 Å². The minimum absolute atomic E-state index is 0.188. The molecule has 3 heteroatoms. The molecule has 0 aliphatic heterocycles. The highest BCUT2D eigenvalue weighted by molar-refractivity contribution is 5.01. The molecule has 0 saturated heterocycles. The molecule has 2 aliphatic carbocycles. The summed E-state index contributed by atoms with van der Waals surface area (Å²) < 4.78 is 1.91. The number of hydrogen-bond donors (Lipinski definition) is 1. The van der Waals surface area contributed by atoms with Crippen molar-refractivity contribution in [2.45, 2.75) is 83.1 Å². The van der Waals surface area contributed by atoms with Gasteiger partial charge in [0.25, 0.3) is 5.56 Å². The number of nitrogens with one attached hydrogen (secondary N) is 1. The molecular formula is C17H28N2O. The molecule has 0 bridgehead atoms. The summed E-state index contributed by atoms with van der Waals surface area (Å²) in [6.45, 7) is 0. The van der Waals surface area contributed by atoms with Gasteiger partial charge < -0.3 is 0 Å². The largest absolute Gasteiger partial charge is 0.299 e. The molecule has 1 N–H and O–H groups in total. The van der Waals surface area contributed by atoms with Gasteiger partial charge in [0.1, 0.15) is 0 Å². The molecule has 0 atom stereocenters. The van der Waals surface area contributed by atoms with Crippen molar-refractivity contribution in [2.75, 3.05) is 0 Å². The third-order valence-electron chi connectivity index (χ3n) is 5.27. The van der Waals surface area contributed by atoms with Gasteiger partial charge in [-0.05, 0) is 31.6 Å². The van der Waals surface area contributed by atoms with Crippen molar-refractivity contribution in [1.29, 1.82) is 0 Å². The van der Waals surface area contributed by atoms with Crippen LogP contribution in [0, 0.1) is 5.92 Å². The van der Waals surface area contributed by atoms with E-state index in [9.17, 15) is 4.79 Å². The lowest BCUT2D eigenvalue weighted by Crippen LogP contribution is -2.23. The van der Waals surface area contributed by atoms with Crippen molar-refractivity contribution in [3.05, 3.63) is 22.1 Å². The highest BCUT2D eigenvalue weighted by atomic mass is 16.1. The summed E-state index contributed by atoms with van der Waals surface area (Å²) in [5.74, 6) is 0.960. The van der Waals surface area contributed by atoms with Gasteiger partial charge >= 0.3 is 0 Å². The van der Waals surface area contributed by atoms with Gasteiger partial charge in [-0.25, -0.2) is 4.68 Å². The number of aromatic amines is 1. The Morgan fingerprint density at radius 1 is 1.05 bits per heavy atom. The van der Waals surface area contributed by atoms with E-state index < -0.39 is 0 Å². The summed E-state index contributed by atoms with van der Waals surface area (Å²) in [5, 5.41) is 3.38. The van der Waals surface area contributed by atoms with E-state index in [1.54, 1.807) is 0 Å². The number of rotatable bonds is 5. The average Bonchev–Trinajstić information content (AvgIpc) is 3.10. The van der Waals surface area contributed by atoms with Crippen LogP contribution in [0.15, 0.2) is 10.9 Å². The molecule has 2 saturated carbocycles. The van der Waals surface area contributed by atoms with Crippen LogP contribution in [0.5, 0.6) is 0 Å². The van der Waals surface area contributed by atoms with E-state index in [1.807, 2.05) is 10.7 Å². The molecule has 2 fully saturated rings. The highest BCUT2D eigenvalue weighted by Crippen LogP contribution is 2.29. The van der Waals surface area contributed by atoms with E-state index >= 15 is 0 Å². The topological polar surface area (TPSA) is 37.8 Å². The number of aromatic nitrogens is 2. The SMILES string of the molecule is O=c1cc(CCCC2CCCC2)[nH]n1C1CCCCC1. The Bertz CT molecular complexity index is 462. The van der Waals surface area contributed by atoms with Crippen molar-refractivity contribution in [2.24, 2.45) is 5.92 Å². The van der Waals surface area contributed by atoms with Crippen molar-refractivity contribution in [3.63, 3.8) is 0 Å². The van der Waals surface area contributed by atoms with Gasteiger partial charge in [0.2, 0.25) is 0 Å². The first kappa shape index (κ1) is 14.0. The number of hydrogen-bond acceptors (Lipinski definition) is 1. The van der Waals surface area contributed by atoms with Crippen LogP contribution in [0.4, 0.5) is 0 Å². The van der Waals surface area contributed by atoms with Gasteiger partial charge in [-0.2, -0.15) is 0 Å².